The number of rotatable bonds is 7. The van der Waals surface area contributed by atoms with E-state index in [1.54, 1.807) is 18.4 Å². The molecule has 1 amide bonds. The summed E-state index contributed by atoms with van der Waals surface area (Å²) >= 11 is 1.58. The van der Waals surface area contributed by atoms with E-state index in [0.717, 1.165) is 22.8 Å². The number of hydrogen-bond donors (Lipinski definition) is 1. The Morgan fingerprint density at radius 3 is 2.90 bits per heavy atom. The summed E-state index contributed by atoms with van der Waals surface area (Å²) in [6, 6.07) is 7.49. The van der Waals surface area contributed by atoms with E-state index in [-0.39, 0.29) is 11.9 Å². The van der Waals surface area contributed by atoms with Crippen molar-refractivity contribution in [3.05, 3.63) is 46.0 Å². The first-order chi connectivity index (χ1) is 9.72. The fourth-order valence-electron chi connectivity index (χ4n) is 1.95. The maximum Gasteiger partial charge on any atom is 0.225 e. The molecule has 0 fully saturated rings. The molecule has 108 valence electrons. The van der Waals surface area contributed by atoms with Gasteiger partial charge < -0.3 is 14.5 Å². The Morgan fingerprint density at radius 1 is 1.45 bits per heavy atom. The van der Waals surface area contributed by atoms with Gasteiger partial charge in [0.1, 0.15) is 17.6 Å². The Bertz CT molecular complexity index is 533. The first-order valence-corrected chi connectivity index (χ1v) is 7.50. The summed E-state index contributed by atoms with van der Waals surface area (Å²) in [5, 5.41) is 4.93. The molecule has 0 unspecified atom stereocenters. The number of furan rings is 1. The van der Waals surface area contributed by atoms with Crippen LogP contribution >= 0.6 is 11.3 Å². The monoisotopic (exact) mass is 293 g/mol. The van der Waals surface area contributed by atoms with Gasteiger partial charge in [-0.15, -0.1) is 11.3 Å². The van der Waals surface area contributed by atoms with Crippen LogP contribution in [-0.4, -0.2) is 19.6 Å². The van der Waals surface area contributed by atoms with Crippen LogP contribution in [0.1, 0.15) is 29.4 Å². The second-order valence-electron chi connectivity index (χ2n) is 4.49. The topological polar surface area (TPSA) is 51.5 Å². The molecular weight excluding hydrogens is 274 g/mol. The van der Waals surface area contributed by atoms with Gasteiger partial charge in [-0.25, -0.2) is 0 Å². The summed E-state index contributed by atoms with van der Waals surface area (Å²) < 4.78 is 10.9. The second-order valence-corrected chi connectivity index (χ2v) is 5.52. The summed E-state index contributed by atoms with van der Waals surface area (Å²) in [4.78, 5) is 13.1. The van der Waals surface area contributed by atoms with Gasteiger partial charge >= 0.3 is 0 Å². The van der Waals surface area contributed by atoms with Crippen LogP contribution < -0.4 is 5.32 Å². The maximum absolute atomic E-state index is 12.0. The standard InChI is InChI=1S/C15H19NO3S/c1-3-11-6-7-14(19-11)13(10-18-2)16-15(17)9-12-5-4-8-20-12/h4-8,13H,3,9-10H2,1-2H3,(H,16,17)/t13-/m1/s1. The lowest BCUT2D eigenvalue weighted by Gasteiger charge is -2.15. The Hall–Kier alpha value is -1.59. The highest BCUT2D eigenvalue weighted by molar-refractivity contribution is 7.10. The van der Waals surface area contributed by atoms with Gasteiger partial charge in [-0.1, -0.05) is 13.0 Å². The summed E-state index contributed by atoms with van der Waals surface area (Å²) in [6.45, 7) is 2.43. The number of hydrogen-bond acceptors (Lipinski definition) is 4. The van der Waals surface area contributed by atoms with E-state index in [4.69, 9.17) is 9.15 Å². The average molecular weight is 293 g/mol. The lowest BCUT2D eigenvalue weighted by atomic mass is 10.2. The van der Waals surface area contributed by atoms with E-state index in [2.05, 4.69) is 5.32 Å². The van der Waals surface area contributed by atoms with E-state index in [1.165, 1.54) is 0 Å². The second kappa shape index (κ2) is 7.26. The van der Waals surface area contributed by atoms with Crippen LogP contribution in [-0.2, 0) is 22.4 Å². The molecule has 1 N–H and O–H groups in total. The van der Waals surface area contributed by atoms with Crippen LogP contribution in [0.2, 0.25) is 0 Å². The van der Waals surface area contributed by atoms with Crippen molar-refractivity contribution in [1.82, 2.24) is 5.32 Å². The zero-order valence-corrected chi connectivity index (χ0v) is 12.5. The molecule has 0 aliphatic carbocycles. The lowest BCUT2D eigenvalue weighted by Crippen LogP contribution is -2.32. The fraction of sp³-hybridized carbons (Fsp3) is 0.400. The van der Waals surface area contributed by atoms with Crippen LogP contribution in [0.15, 0.2) is 34.1 Å². The Kier molecular flexibility index (Phi) is 5.38. The van der Waals surface area contributed by atoms with Crippen molar-refractivity contribution >= 4 is 17.2 Å². The molecule has 20 heavy (non-hydrogen) atoms. The highest BCUT2D eigenvalue weighted by atomic mass is 32.1. The quantitative estimate of drug-likeness (QED) is 0.854. The number of methoxy groups -OCH3 is 1. The molecule has 0 saturated carbocycles. The molecule has 0 spiro atoms. The zero-order chi connectivity index (χ0) is 14.4. The summed E-state index contributed by atoms with van der Waals surface area (Å²) in [5.41, 5.74) is 0. The van der Waals surface area contributed by atoms with Gasteiger partial charge in [0, 0.05) is 18.4 Å². The molecule has 0 aliphatic heterocycles. The molecule has 5 heteroatoms. The largest absolute Gasteiger partial charge is 0.464 e. The molecule has 2 aromatic rings. The van der Waals surface area contributed by atoms with Crippen molar-refractivity contribution in [3.8, 4) is 0 Å². The molecule has 1 atom stereocenters. The third-order valence-corrected chi connectivity index (χ3v) is 3.83. The Morgan fingerprint density at radius 2 is 2.30 bits per heavy atom. The summed E-state index contributed by atoms with van der Waals surface area (Å²) in [5.74, 6) is 1.63. The van der Waals surface area contributed by atoms with Crippen molar-refractivity contribution in [2.24, 2.45) is 0 Å². The van der Waals surface area contributed by atoms with Crippen molar-refractivity contribution < 1.29 is 13.9 Å². The molecule has 2 heterocycles. The van der Waals surface area contributed by atoms with Gasteiger partial charge in [0.25, 0.3) is 0 Å². The van der Waals surface area contributed by atoms with E-state index in [1.807, 2.05) is 36.6 Å². The smallest absolute Gasteiger partial charge is 0.225 e. The minimum atomic E-state index is -0.243. The van der Waals surface area contributed by atoms with Crippen molar-refractivity contribution in [3.63, 3.8) is 0 Å². The molecule has 2 aromatic heterocycles. The van der Waals surface area contributed by atoms with Crippen molar-refractivity contribution in [1.29, 1.82) is 0 Å². The average Bonchev–Trinajstić information content (AvgIpc) is 3.08. The Balaban J connectivity index is 1.99. The SMILES string of the molecule is CCc1ccc([C@@H](COC)NC(=O)Cc2cccs2)o1. The van der Waals surface area contributed by atoms with Crippen molar-refractivity contribution in [2.75, 3.05) is 13.7 Å². The molecule has 0 saturated heterocycles. The predicted octanol–water partition coefficient (Wildman–Crippen LogP) is 2.95. The maximum atomic E-state index is 12.0. The van der Waals surface area contributed by atoms with E-state index in [0.29, 0.717) is 13.0 Å². The first-order valence-electron chi connectivity index (χ1n) is 6.62. The van der Waals surface area contributed by atoms with Gasteiger partial charge in [-0.05, 0) is 23.6 Å². The normalized spacial score (nSPS) is 12.3. The molecule has 2 rings (SSSR count). The number of carbonyl (C=O) groups excluding carboxylic acids is 1. The van der Waals surface area contributed by atoms with Gasteiger partial charge in [0.15, 0.2) is 0 Å². The van der Waals surface area contributed by atoms with Crippen molar-refractivity contribution in [2.45, 2.75) is 25.8 Å². The molecule has 0 radical (unpaired) electrons. The third kappa shape index (κ3) is 3.95. The van der Waals surface area contributed by atoms with Gasteiger partial charge in [-0.2, -0.15) is 0 Å². The molecular formula is C15H19NO3S. The van der Waals surface area contributed by atoms with Gasteiger partial charge in [-0.3, -0.25) is 4.79 Å². The Labute approximate surface area is 122 Å². The number of nitrogens with one attached hydrogen (secondary N) is 1. The van der Waals surface area contributed by atoms with Gasteiger partial charge in [0.05, 0.1) is 13.0 Å². The molecule has 0 aromatic carbocycles. The summed E-state index contributed by atoms with van der Waals surface area (Å²) in [7, 11) is 1.61. The molecule has 0 aliphatic rings. The van der Waals surface area contributed by atoms with E-state index in [9.17, 15) is 4.79 Å². The van der Waals surface area contributed by atoms with E-state index >= 15 is 0 Å². The van der Waals surface area contributed by atoms with Crippen LogP contribution in [0.3, 0.4) is 0 Å². The minimum absolute atomic E-state index is 0.0241. The van der Waals surface area contributed by atoms with Crippen LogP contribution in [0.4, 0.5) is 0 Å². The van der Waals surface area contributed by atoms with Crippen LogP contribution in [0.5, 0.6) is 0 Å². The molecule has 0 bridgehead atoms. The lowest BCUT2D eigenvalue weighted by molar-refractivity contribution is -0.121. The number of amides is 1. The number of ether oxygens (including phenoxy) is 1. The number of aryl methyl sites for hydroxylation is 1. The summed E-state index contributed by atoms with van der Waals surface area (Å²) in [6.07, 6.45) is 1.22. The number of thiophene rings is 1. The third-order valence-electron chi connectivity index (χ3n) is 2.96. The zero-order valence-electron chi connectivity index (χ0n) is 11.7. The van der Waals surface area contributed by atoms with Gasteiger partial charge in [0.2, 0.25) is 5.91 Å². The van der Waals surface area contributed by atoms with Crippen LogP contribution in [0.25, 0.3) is 0 Å². The molecule has 4 nitrogen and oxygen atoms in total. The first kappa shape index (κ1) is 14.8. The fourth-order valence-corrected chi connectivity index (χ4v) is 2.65. The minimum Gasteiger partial charge on any atom is -0.464 e. The highest BCUT2D eigenvalue weighted by Crippen LogP contribution is 2.18. The van der Waals surface area contributed by atoms with Crippen LogP contribution in [0, 0.1) is 0 Å². The van der Waals surface area contributed by atoms with E-state index < -0.39 is 0 Å². The number of carbonyl (C=O) groups is 1. The predicted molar refractivity (Wildman–Crippen MR) is 78.9 cm³/mol. The highest BCUT2D eigenvalue weighted by Gasteiger charge is 2.18.